The van der Waals surface area contributed by atoms with E-state index in [1.165, 1.54) is 12.1 Å². The first kappa shape index (κ1) is 13.6. The number of aromatic nitrogens is 1. The molecule has 1 aliphatic rings. The Morgan fingerprint density at radius 1 is 1.44 bits per heavy atom. The molecule has 1 saturated heterocycles. The zero-order valence-corrected chi connectivity index (χ0v) is 11.2. The highest BCUT2D eigenvalue weighted by Gasteiger charge is 2.24. The van der Waals surface area contributed by atoms with E-state index in [1.807, 2.05) is 0 Å². The third-order valence-corrected chi connectivity index (χ3v) is 3.42. The second kappa shape index (κ2) is 5.85. The maximum atomic E-state index is 12.7. The largest absolute Gasteiger partial charge is 0.338 e. The smallest absolute Gasteiger partial charge is 0.254 e. The molecule has 1 unspecified atom stereocenters. The Bertz CT molecular complexity index is 435. The minimum Gasteiger partial charge on any atom is -0.338 e. The number of halogens is 3. The summed E-state index contributed by atoms with van der Waals surface area (Å²) in [6.45, 7) is 0.710. The third kappa shape index (κ3) is 3.12. The summed E-state index contributed by atoms with van der Waals surface area (Å²) in [5.41, 5.74) is 0.402. The average molecular weight is 291 g/mol. The highest BCUT2D eigenvalue weighted by Crippen LogP contribution is 2.21. The normalized spacial score (nSPS) is 19.9. The van der Waals surface area contributed by atoms with Gasteiger partial charge in [0.25, 0.3) is 5.91 Å². The van der Waals surface area contributed by atoms with Gasteiger partial charge in [0, 0.05) is 24.6 Å². The third-order valence-electron chi connectivity index (χ3n) is 3.03. The number of hydrogen-bond donors (Lipinski definition) is 0. The van der Waals surface area contributed by atoms with Crippen molar-refractivity contribution in [2.75, 3.05) is 19.8 Å². The fourth-order valence-electron chi connectivity index (χ4n) is 2.15. The number of rotatable bonds is 2. The van der Waals surface area contributed by atoms with Crippen LogP contribution in [0.3, 0.4) is 0 Å². The lowest BCUT2D eigenvalue weighted by atomic mass is 9.99. The molecule has 1 aliphatic heterocycles. The van der Waals surface area contributed by atoms with Gasteiger partial charge in [-0.1, -0.05) is 23.2 Å². The Labute approximate surface area is 115 Å². The number of carbonyl (C=O) groups is 1. The van der Waals surface area contributed by atoms with Crippen LogP contribution >= 0.6 is 23.2 Å². The summed E-state index contributed by atoms with van der Waals surface area (Å²) in [4.78, 5) is 17.7. The minimum atomic E-state index is -0.387. The molecular formula is C12H13Cl2FN2O. The lowest BCUT2D eigenvalue weighted by Crippen LogP contribution is -2.40. The molecule has 1 aromatic heterocycles. The predicted octanol–water partition coefficient (Wildman–Crippen LogP) is 3.21. The van der Waals surface area contributed by atoms with Crippen LogP contribution < -0.4 is 0 Å². The molecule has 6 heteroatoms. The number of alkyl halides is 1. The van der Waals surface area contributed by atoms with Crippen LogP contribution in [0.25, 0.3) is 0 Å². The van der Waals surface area contributed by atoms with Crippen LogP contribution in [0.5, 0.6) is 0 Å². The highest BCUT2D eigenvalue weighted by atomic mass is 35.5. The van der Waals surface area contributed by atoms with Crippen LogP contribution in [0.1, 0.15) is 23.2 Å². The van der Waals surface area contributed by atoms with Gasteiger partial charge in [0.1, 0.15) is 10.3 Å². The number of nitrogens with zero attached hydrogens (tertiary/aromatic N) is 2. The van der Waals surface area contributed by atoms with Crippen molar-refractivity contribution in [3.05, 3.63) is 28.0 Å². The number of likely N-dealkylation sites (tertiary alicyclic amines) is 1. The monoisotopic (exact) mass is 290 g/mol. The molecule has 1 fully saturated rings. The van der Waals surface area contributed by atoms with Crippen molar-refractivity contribution in [3.63, 3.8) is 0 Å². The van der Waals surface area contributed by atoms with Crippen molar-refractivity contribution in [1.82, 2.24) is 9.88 Å². The second-order valence-electron chi connectivity index (χ2n) is 4.41. The minimum absolute atomic E-state index is 0.0597. The molecule has 0 aromatic carbocycles. The standard InChI is InChI=1S/C12H13Cl2FN2O/c13-10-4-9(5-11(14)16-10)12(18)17-3-1-2-8(6-15)7-17/h4-5,8H,1-3,6-7H2. The molecular weight excluding hydrogens is 278 g/mol. The summed E-state index contributed by atoms with van der Waals surface area (Å²) >= 11 is 11.5. The Kier molecular flexibility index (Phi) is 4.40. The summed E-state index contributed by atoms with van der Waals surface area (Å²) in [5, 5.41) is 0.370. The zero-order valence-electron chi connectivity index (χ0n) is 9.70. The Morgan fingerprint density at radius 3 is 2.72 bits per heavy atom. The summed E-state index contributed by atoms with van der Waals surface area (Å²) in [6, 6.07) is 2.96. The van der Waals surface area contributed by atoms with Gasteiger partial charge >= 0.3 is 0 Å². The lowest BCUT2D eigenvalue weighted by Gasteiger charge is -2.31. The number of piperidine rings is 1. The highest BCUT2D eigenvalue weighted by molar-refractivity contribution is 6.33. The van der Waals surface area contributed by atoms with E-state index in [0.29, 0.717) is 18.7 Å². The molecule has 0 aliphatic carbocycles. The van der Waals surface area contributed by atoms with Crippen molar-refractivity contribution in [3.8, 4) is 0 Å². The van der Waals surface area contributed by atoms with E-state index in [9.17, 15) is 9.18 Å². The van der Waals surface area contributed by atoms with Crippen molar-refractivity contribution < 1.29 is 9.18 Å². The van der Waals surface area contributed by atoms with Crippen LogP contribution in [0.4, 0.5) is 4.39 Å². The molecule has 0 radical (unpaired) electrons. The van der Waals surface area contributed by atoms with Crippen molar-refractivity contribution in [1.29, 1.82) is 0 Å². The molecule has 1 atom stereocenters. The Morgan fingerprint density at radius 2 is 2.11 bits per heavy atom. The number of carbonyl (C=O) groups excluding carboxylic acids is 1. The fourth-order valence-corrected chi connectivity index (χ4v) is 2.61. The Hall–Kier alpha value is -0.870. The van der Waals surface area contributed by atoms with E-state index in [1.54, 1.807) is 4.90 Å². The molecule has 18 heavy (non-hydrogen) atoms. The van der Waals surface area contributed by atoms with E-state index < -0.39 is 0 Å². The summed E-state index contributed by atoms with van der Waals surface area (Å²) in [5.74, 6) is -0.227. The van der Waals surface area contributed by atoms with Gasteiger partial charge in [-0.25, -0.2) is 4.98 Å². The maximum Gasteiger partial charge on any atom is 0.254 e. The van der Waals surface area contributed by atoms with Crippen LogP contribution in [0.2, 0.25) is 10.3 Å². The van der Waals surface area contributed by atoms with Gasteiger partial charge in [-0.05, 0) is 25.0 Å². The number of hydrogen-bond acceptors (Lipinski definition) is 2. The average Bonchev–Trinajstić information content (AvgIpc) is 2.37. The predicted molar refractivity (Wildman–Crippen MR) is 68.9 cm³/mol. The summed E-state index contributed by atoms with van der Waals surface area (Å²) in [7, 11) is 0. The molecule has 1 amide bonds. The lowest BCUT2D eigenvalue weighted by molar-refractivity contribution is 0.0656. The topological polar surface area (TPSA) is 33.2 Å². The summed E-state index contributed by atoms with van der Waals surface area (Å²) < 4.78 is 12.7. The van der Waals surface area contributed by atoms with Crippen LogP contribution in [-0.4, -0.2) is 35.6 Å². The fraction of sp³-hybridized carbons (Fsp3) is 0.500. The van der Waals surface area contributed by atoms with Crippen LogP contribution in [0.15, 0.2) is 12.1 Å². The maximum absolute atomic E-state index is 12.7. The van der Waals surface area contributed by atoms with Crippen LogP contribution in [-0.2, 0) is 0 Å². The van der Waals surface area contributed by atoms with E-state index in [2.05, 4.69) is 4.98 Å². The van der Waals surface area contributed by atoms with Crippen molar-refractivity contribution in [2.45, 2.75) is 12.8 Å². The summed E-state index contributed by atoms with van der Waals surface area (Å²) in [6.07, 6.45) is 1.66. The first-order valence-corrected chi connectivity index (χ1v) is 6.54. The number of pyridine rings is 1. The molecule has 2 heterocycles. The molecule has 2 rings (SSSR count). The molecule has 3 nitrogen and oxygen atoms in total. The van der Waals surface area contributed by atoms with Gasteiger partial charge in [0.2, 0.25) is 0 Å². The quantitative estimate of drug-likeness (QED) is 0.784. The first-order valence-electron chi connectivity index (χ1n) is 5.78. The molecule has 0 N–H and O–H groups in total. The van der Waals surface area contributed by atoms with E-state index in [0.717, 1.165) is 12.8 Å². The molecule has 0 spiro atoms. The first-order chi connectivity index (χ1) is 8.60. The zero-order chi connectivity index (χ0) is 13.1. The van der Waals surface area contributed by atoms with Gasteiger partial charge in [-0.3, -0.25) is 9.18 Å². The van der Waals surface area contributed by atoms with E-state index in [4.69, 9.17) is 23.2 Å². The SMILES string of the molecule is O=C(c1cc(Cl)nc(Cl)c1)N1CCCC(CF)C1. The van der Waals surface area contributed by atoms with Gasteiger partial charge < -0.3 is 4.90 Å². The van der Waals surface area contributed by atoms with E-state index >= 15 is 0 Å². The molecule has 0 saturated carbocycles. The van der Waals surface area contributed by atoms with Gasteiger partial charge in [-0.15, -0.1) is 0 Å². The van der Waals surface area contributed by atoms with Gasteiger partial charge in [-0.2, -0.15) is 0 Å². The van der Waals surface area contributed by atoms with Gasteiger partial charge in [0.05, 0.1) is 6.67 Å². The number of amides is 1. The van der Waals surface area contributed by atoms with Crippen LogP contribution in [0, 0.1) is 5.92 Å². The van der Waals surface area contributed by atoms with E-state index in [-0.39, 0.29) is 28.8 Å². The van der Waals surface area contributed by atoms with Crippen molar-refractivity contribution >= 4 is 29.1 Å². The Balaban J connectivity index is 2.15. The molecule has 1 aromatic rings. The molecule has 98 valence electrons. The van der Waals surface area contributed by atoms with Crippen molar-refractivity contribution in [2.24, 2.45) is 5.92 Å². The molecule has 0 bridgehead atoms. The second-order valence-corrected chi connectivity index (χ2v) is 5.19. The van der Waals surface area contributed by atoms with Gasteiger partial charge in [0.15, 0.2) is 0 Å².